The van der Waals surface area contributed by atoms with Crippen LogP contribution in [0.4, 0.5) is 13.2 Å². The van der Waals surface area contributed by atoms with Crippen molar-refractivity contribution in [3.8, 4) is 5.75 Å². The predicted molar refractivity (Wildman–Crippen MR) is 54.5 cm³/mol. The highest BCUT2D eigenvalue weighted by atomic mass is 19.4. The van der Waals surface area contributed by atoms with E-state index >= 15 is 0 Å². The number of amides is 1. The standard InChI is InChI=1S/C10H11F3N2O2/c11-10(12,13)6-1-2-7(8(16)5-6)9(17)15-4-3-14/h1-2,5,16H,3-4,14H2,(H,15,17). The number of phenolic OH excluding ortho intramolecular Hbond substituents is 1. The summed E-state index contributed by atoms with van der Waals surface area (Å²) in [6.07, 6.45) is -4.55. The van der Waals surface area contributed by atoms with Gasteiger partial charge in [-0.3, -0.25) is 4.79 Å². The molecule has 0 spiro atoms. The summed E-state index contributed by atoms with van der Waals surface area (Å²) in [5.41, 5.74) is 3.92. The lowest BCUT2D eigenvalue weighted by Gasteiger charge is -2.10. The fourth-order valence-corrected chi connectivity index (χ4v) is 1.18. The molecule has 1 aromatic carbocycles. The summed E-state index contributed by atoms with van der Waals surface area (Å²) < 4.78 is 36.8. The Morgan fingerprint density at radius 3 is 2.53 bits per heavy atom. The van der Waals surface area contributed by atoms with Crippen molar-refractivity contribution in [1.82, 2.24) is 5.32 Å². The summed E-state index contributed by atoms with van der Waals surface area (Å²) >= 11 is 0. The van der Waals surface area contributed by atoms with Crippen molar-refractivity contribution in [2.24, 2.45) is 5.73 Å². The molecule has 0 saturated heterocycles. The summed E-state index contributed by atoms with van der Waals surface area (Å²) in [5, 5.41) is 11.7. The van der Waals surface area contributed by atoms with E-state index in [4.69, 9.17) is 5.73 Å². The largest absolute Gasteiger partial charge is 0.507 e. The first kappa shape index (κ1) is 13.3. The van der Waals surface area contributed by atoms with Crippen molar-refractivity contribution in [3.05, 3.63) is 29.3 Å². The predicted octanol–water partition coefficient (Wildman–Crippen LogP) is 1.10. The van der Waals surface area contributed by atoms with E-state index in [-0.39, 0.29) is 18.7 Å². The van der Waals surface area contributed by atoms with E-state index in [2.05, 4.69) is 5.32 Å². The number of nitrogens with two attached hydrogens (primary N) is 1. The van der Waals surface area contributed by atoms with E-state index in [1.165, 1.54) is 0 Å². The van der Waals surface area contributed by atoms with Gasteiger partial charge in [-0.05, 0) is 18.2 Å². The van der Waals surface area contributed by atoms with Crippen molar-refractivity contribution >= 4 is 5.91 Å². The number of hydrogen-bond donors (Lipinski definition) is 3. The van der Waals surface area contributed by atoms with Gasteiger partial charge in [0.2, 0.25) is 0 Å². The van der Waals surface area contributed by atoms with E-state index in [9.17, 15) is 23.1 Å². The third kappa shape index (κ3) is 3.35. The number of aromatic hydroxyl groups is 1. The number of halogens is 3. The molecular weight excluding hydrogens is 237 g/mol. The summed E-state index contributed by atoms with van der Waals surface area (Å²) in [5.74, 6) is -1.38. The van der Waals surface area contributed by atoms with Gasteiger partial charge in [0, 0.05) is 13.1 Å². The molecule has 0 unspecified atom stereocenters. The number of carbonyl (C=O) groups is 1. The van der Waals surface area contributed by atoms with Gasteiger partial charge in [0.15, 0.2) is 0 Å². The molecule has 94 valence electrons. The zero-order chi connectivity index (χ0) is 13.1. The van der Waals surface area contributed by atoms with Gasteiger partial charge < -0.3 is 16.2 Å². The molecule has 0 aromatic heterocycles. The Bertz CT molecular complexity index is 419. The van der Waals surface area contributed by atoms with E-state index in [1.807, 2.05) is 0 Å². The minimum atomic E-state index is -4.55. The molecule has 0 aliphatic rings. The van der Waals surface area contributed by atoms with Gasteiger partial charge in [-0.2, -0.15) is 13.2 Å². The maximum atomic E-state index is 12.3. The summed E-state index contributed by atoms with van der Waals surface area (Å²) in [4.78, 5) is 11.4. The minimum Gasteiger partial charge on any atom is -0.507 e. The van der Waals surface area contributed by atoms with Gasteiger partial charge in [0.1, 0.15) is 5.75 Å². The van der Waals surface area contributed by atoms with Crippen molar-refractivity contribution in [2.45, 2.75) is 6.18 Å². The maximum absolute atomic E-state index is 12.3. The second-order valence-corrected chi connectivity index (χ2v) is 3.27. The van der Waals surface area contributed by atoms with Gasteiger partial charge in [-0.1, -0.05) is 0 Å². The lowest BCUT2D eigenvalue weighted by atomic mass is 10.1. The van der Waals surface area contributed by atoms with E-state index in [1.54, 1.807) is 0 Å². The number of hydrogen-bond acceptors (Lipinski definition) is 3. The first-order valence-corrected chi connectivity index (χ1v) is 4.74. The average molecular weight is 248 g/mol. The second-order valence-electron chi connectivity index (χ2n) is 3.27. The second kappa shape index (κ2) is 5.05. The molecule has 0 fully saturated rings. The summed E-state index contributed by atoms with van der Waals surface area (Å²) in [6, 6.07) is 2.17. The van der Waals surface area contributed by atoms with Crippen LogP contribution >= 0.6 is 0 Å². The normalized spacial score (nSPS) is 11.3. The Morgan fingerprint density at radius 1 is 1.41 bits per heavy atom. The number of nitrogens with one attached hydrogen (secondary N) is 1. The van der Waals surface area contributed by atoms with Crippen LogP contribution in [0.25, 0.3) is 0 Å². The molecule has 0 saturated carbocycles. The first-order chi connectivity index (χ1) is 7.86. The molecule has 1 amide bonds. The van der Waals surface area contributed by atoms with Crippen LogP contribution in [0.1, 0.15) is 15.9 Å². The maximum Gasteiger partial charge on any atom is 0.416 e. The van der Waals surface area contributed by atoms with Gasteiger partial charge in [-0.25, -0.2) is 0 Å². The van der Waals surface area contributed by atoms with Gasteiger partial charge >= 0.3 is 6.18 Å². The first-order valence-electron chi connectivity index (χ1n) is 4.74. The van der Waals surface area contributed by atoms with Crippen LogP contribution in [0.3, 0.4) is 0 Å². The highest BCUT2D eigenvalue weighted by Gasteiger charge is 2.31. The molecule has 0 aliphatic heterocycles. The lowest BCUT2D eigenvalue weighted by Crippen LogP contribution is -2.29. The van der Waals surface area contributed by atoms with E-state index < -0.39 is 23.4 Å². The third-order valence-corrected chi connectivity index (χ3v) is 2.00. The van der Waals surface area contributed by atoms with E-state index in [0.717, 1.165) is 12.1 Å². The lowest BCUT2D eigenvalue weighted by molar-refractivity contribution is -0.137. The summed E-state index contributed by atoms with van der Waals surface area (Å²) in [7, 11) is 0. The molecule has 4 N–H and O–H groups in total. The molecule has 0 bridgehead atoms. The fraction of sp³-hybridized carbons (Fsp3) is 0.300. The zero-order valence-electron chi connectivity index (χ0n) is 8.71. The van der Waals surface area contributed by atoms with Gasteiger partial charge in [-0.15, -0.1) is 0 Å². The molecular formula is C10H11F3N2O2. The minimum absolute atomic E-state index is 0.180. The van der Waals surface area contributed by atoms with Crippen molar-refractivity contribution in [3.63, 3.8) is 0 Å². The highest BCUT2D eigenvalue weighted by molar-refractivity contribution is 5.96. The Morgan fingerprint density at radius 2 is 2.06 bits per heavy atom. The molecule has 17 heavy (non-hydrogen) atoms. The Kier molecular flexibility index (Phi) is 3.95. The van der Waals surface area contributed by atoms with Crippen molar-refractivity contribution in [2.75, 3.05) is 13.1 Å². The Hall–Kier alpha value is -1.76. The van der Waals surface area contributed by atoms with Crippen molar-refractivity contribution in [1.29, 1.82) is 0 Å². The Labute approximate surface area is 95.2 Å². The number of carbonyl (C=O) groups excluding carboxylic acids is 1. The number of alkyl halides is 3. The van der Waals surface area contributed by atoms with Gasteiger partial charge in [0.25, 0.3) is 5.91 Å². The average Bonchev–Trinajstić information content (AvgIpc) is 2.24. The van der Waals surface area contributed by atoms with Gasteiger partial charge in [0.05, 0.1) is 11.1 Å². The molecule has 4 nitrogen and oxygen atoms in total. The van der Waals surface area contributed by atoms with E-state index in [0.29, 0.717) is 6.07 Å². The highest BCUT2D eigenvalue weighted by Crippen LogP contribution is 2.32. The number of rotatable bonds is 3. The van der Waals surface area contributed by atoms with Crippen LogP contribution in [0.2, 0.25) is 0 Å². The molecule has 0 heterocycles. The number of benzene rings is 1. The monoisotopic (exact) mass is 248 g/mol. The smallest absolute Gasteiger partial charge is 0.416 e. The Balaban J connectivity index is 2.94. The summed E-state index contributed by atoms with van der Waals surface area (Å²) in [6.45, 7) is 0.381. The molecule has 1 rings (SSSR count). The van der Waals surface area contributed by atoms with Crippen LogP contribution in [0.15, 0.2) is 18.2 Å². The van der Waals surface area contributed by atoms with Crippen LogP contribution in [0.5, 0.6) is 5.75 Å². The molecule has 0 radical (unpaired) electrons. The zero-order valence-corrected chi connectivity index (χ0v) is 8.71. The van der Waals surface area contributed by atoms with Crippen LogP contribution in [0, 0.1) is 0 Å². The topological polar surface area (TPSA) is 75.3 Å². The third-order valence-electron chi connectivity index (χ3n) is 2.00. The number of phenols is 1. The SMILES string of the molecule is NCCNC(=O)c1ccc(C(F)(F)F)cc1O. The quantitative estimate of drug-likeness (QED) is 0.749. The molecule has 0 atom stereocenters. The van der Waals surface area contributed by atoms with Crippen LogP contribution in [-0.2, 0) is 6.18 Å². The molecule has 0 aliphatic carbocycles. The fourth-order valence-electron chi connectivity index (χ4n) is 1.18. The van der Waals surface area contributed by atoms with Crippen molar-refractivity contribution < 1.29 is 23.1 Å². The van der Waals surface area contributed by atoms with Crippen LogP contribution in [-0.4, -0.2) is 24.1 Å². The molecule has 1 aromatic rings. The van der Waals surface area contributed by atoms with Crippen LogP contribution < -0.4 is 11.1 Å². The molecule has 7 heteroatoms.